The van der Waals surface area contributed by atoms with Crippen LogP contribution in [0.25, 0.3) is 0 Å². The molecule has 18 heavy (non-hydrogen) atoms. The molecule has 0 aliphatic heterocycles. The summed E-state index contributed by atoms with van der Waals surface area (Å²) in [6.45, 7) is 4.04. The van der Waals surface area contributed by atoms with Gasteiger partial charge in [-0.05, 0) is 55.2 Å². The van der Waals surface area contributed by atoms with Gasteiger partial charge < -0.3 is 9.84 Å². The first-order valence-electron chi connectivity index (χ1n) is 6.40. The van der Waals surface area contributed by atoms with Gasteiger partial charge in [0, 0.05) is 0 Å². The number of aliphatic carboxylic acids is 1. The van der Waals surface area contributed by atoms with E-state index in [1.54, 1.807) is 7.11 Å². The molecule has 1 fully saturated rings. The summed E-state index contributed by atoms with van der Waals surface area (Å²) in [4.78, 5) is 11.0. The van der Waals surface area contributed by atoms with Crippen molar-refractivity contribution in [1.82, 2.24) is 0 Å². The molecule has 0 radical (unpaired) electrons. The third-order valence-corrected chi connectivity index (χ3v) is 3.83. The maximum absolute atomic E-state index is 11.0. The molecule has 98 valence electrons. The highest BCUT2D eigenvalue weighted by Gasteiger charge is 2.35. The van der Waals surface area contributed by atoms with Gasteiger partial charge in [-0.25, -0.2) is 0 Å². The number of carboxylic acids is 1. The lowest BCUT2D eigenvalue weighted by atomic mass is 9.87. The van der Waals surface area contributed by atoms with Crippen LogP contribution in [0.1, 0.15) is 41.9 Å². The van der Waals surface area contributed by atoms with Gasteiger partial charge in [-0.1, -0.05) is 12.1 Å². The van der Waals surface area contributed by atoms with Gasteiger partial charge in [0.15, 0.2) is 0 Å². The minimum atomic E-state index is -0.717. The van der Waals surface area contributed by atoms with Crippen LogP contribution in [-0.2, 0) is 4.79 Å². The predicted molar refractivity (Wildman–Crippen MR) is 70.2 cm³/mol. The lowest BCUT2D eigenvalue weighted by Crippen LogP contribution is -2.10. The van der Waals surface area contributed by atoms with Crippen LogP contribution in [0.3, 0.4) is 0 Å². The summed E-state index contributed by atoms with van der Waals surface area (Å²) < 4.78 is 5.42. The monoisotopic (exact) mass is 248 g/mol. The lowest BCUT2D eigenvalue weighted by Gasteiger charge is -2.20. The third kappa shape index (κ3) is 2.50. The molecule has 0 heterocycles. The van der Waals surface area contributed by atoms with Gasteiger partial charge in [-0.2, -0.15) is 0 Å². The standard InChI is InChI=1S/C15H20O3/c1-9-4-7-12(10(2)15(9)18-3)13(8-14(16)17)11-5-6-11/h4,7,11,13H,5-6,8H2,1-3H3,(H,16,17). The highest BCUT2D eigenvalue weighted by molar-refractivity contribution is 5.68. The molecule has 1 aliphatic rings. The molecule has 2 rings (SSSR count). The molecular weight excluding hydrogens is 228 g/mol. The fourth-order valence-corrected chi connectivity index (χ4v) is 2.78. The Kier molecular flexibility index (Phi) is 3.60. The van der Waals surface area contributed by atoms with E-state index in [4.69, 9.17) is 9.84 Å². The first-order valence-corrected chi connectivity index (χ1v) is 6.40. The van der Waals surface area contributed by atoms with Crippen LogP contribution >= 0.6 is 0 Å². The summed E-state index contributed by atoms with van der Waals surface area (Å²) in [7, 11) is 1.67. The third-order valence-electron chi connectivity index (χ3n) is 3.83. The summed E-state index contributed by atoms with van der Waals surface area (Å²) >= 11 is 0. The van der Waals surface area contributed by atoms with E-state index in [1.165, 1.54) is 0 Å². The van der Waals surface area contributed by atoms with Gasteiger partial charge in [-0.15, -0.1) is 0 Å². The Morgan fingerprint density at radius 3 is 2.61 bits per heavy atom. The largest absolute Gasteiger partial charge is 0.496 e. The molecule has 0 saturated heterocycles. The zero-order valence-electron chi connectivity index (χ0n) is 11.2. The summed E-state index contributed by atoms with van der Waals surface area (Å²) in [5, 5.41) is 9.06. The average molecular weight is 248 g/mol. The quantitative estimate of drug-likeness (QED) is 0.869. The zero-order valence-corrected chi connectivity index (χ0v) is 11.2. The highest BCUT2D eigenvalue weighted by Crippen LogP contribution is 2.46. The second-order valence-corrected chi connectivity index (χ2v) is 5.17. The average Bonchev–Trinajstić information content (AvgIpc) is 3.11. The number of hydrogen-bond donors (Lipinski definition) is 1. The fourth-order valence-electron chi connectivity index (χ4n) is 2.78. The van der Waals surface area contributed by atoms with E-state index < -0.39 is 5.97 Å². The van der Waals surface area contributed by atoms with E-state index in [0.29, 0.717) is 5.92 Å². The van der Waals surface area contributed by atoms with Crippen LogP contribution in [-0.4, -0.2) is 18.2 Å². The molecule has 1 aromatic rings. The van der Waals surface area contributed by atoms with Gasteiger partial charge in [0.2, 0.25) is 0 Å². The molecule has 1 N–H and O–H groups in total. The molecule has 0 aromatic heterocycles. The number of methoxy groups -OCH3 is 1. The smallest absolute Gasteiger partial charge is 0.303 e. The molecule has 0 amide bonds. The predicted octanol–water partition coefficient (Wildman–Crippen LogP) is 3.28. The summed E-state index contributed by atoms with van der Waals surface area (Å²) in [5.74, 6) is 0.846. The van der Waals surface area contributed by atoms with Gasteiger partial charge in [0.25, 0.3) is 0 Å². The van der Waals surface area contributed by atoms with Crippen LogP contribution in [0.4, 0.5) is 0 Å². The number of ether oxygens (including phenoxy) is 1. The molecule has 1 aliphatic carbocycles. The Hall–Kier alpha value is -1.51. The maximum atomic E-state index is 11.0. The number of aryl methyl sites for hydroxylation is 1. The van der Waals surface area contributed by atoms with E-state index in [1.807, 2.05) is 19.9 Å². The van der Waals surface area contributed by atoms with E-state index in [-0.39, 0.29) is 12.3 Å². The second kappa shape index (κ2) is 5.01. The number of rotatable bonds is 5. The van der Waals surface area contributed by atoms with Crippen LogP contribution in [0, 0.1) is 19.8 Å². The molecule has 1 saturated carbocycles. The van der Waals surface area contributed by atoms with E-state index in [0.717, 1.165) is 35.3 Å². The Morgan fingerprint density at radius 2 is 2.11 bits per heavy atom. The minimum absolute atomic E-state index is 0.136. The maximum Gasteiger partial charge on any atom is 0.303 e. The van der Waals surface area contributed by atoms with E-state index in [2.05, 4.69) is 6.07 Å². The topological polar surface area (TPSA) is 46.5 Å². The Morgan fingerprint density at radius 1 is 1.44 bits per heavy atom. The van der Waals surface area contributed by atoms with Gasteiger partial charge >= 0.3 is 5.97 Å². The van der Waals surface area contributed by atoms with Crippen molar-refractivity contribution in [2.45, 2.75) is 39.0 Å². The zero-order chi connectivity index (χ0) is 13.3. The number of benzene rings is 1. The molecule has 3 heteroatoms. The van der Waals surface area contributed by atoms with Crippen molar-refractivity contribution in [3.05, 3.63) is 28.8 Å². The molecule has 1 aromatic carbocycles. The first kappa shape index (κ1) is 12.9. The normalized spacial score (nSPS) is 16.4. The van der Waals surface area contributed by atoms with Gasteiger partial charge in [0.05, 0.1) is 13.5 Å². The molecule has 3 nitrogen and oxygen atoms in total. The molecule has 0 spiro atoms. The Balaban J connectivity index is 2.38. The van der Waals surface area contributed by atoms with Crippen molar-refractivity contribution >= 4 is 5.97 Å². The molecule has 0 bridgehead atoms. The van der Waals surface area contributed by atoms with E-state index in [9.17, 15) is 4.79 Å². The summed E-state index contributed by atoms with van der Waals surface area (Å²) in [6, 6.07) is 4.09. The van der Waals surface area contributed by atoms with Crippen molar-refractivity contribution in [3.8, 4) is 5.75 Å². The van der Waals surface area contributed by atoms with Gasteiger partial charge in [0.1, 0.15) is 5.75 Å². The van der Waals surface area contributed by atoms with Crippen molar-refractivity contribution < 1.29 is 14.6 Å². The van der Waals surface area contributed by atoms with Crippen molar-refractivity contribution in [1.29, 1.82) is 0 Å². The number of hydrogen-bond acceptors (Lipinski definition) is 2. The van der Waals surface area contributed by atoms with E-state index >= 15 is 0 Å². The molecule has 1 unspecified atom stereocenters. The Labute approximate surface area is 108 Å². The minimum Gasteiger partial charge on any atom is -0.496 e. The van der Waals surface area contributed by atoms with Crippen molar-refractivity contribution in [2.75, 3.05) is 7.11 Å². The van der Waals surface area contributed by atoms with Crippen LogP contribution in [0.15, 0.2) is 12.1 Å². The van der Waals surface area contributed by atoms with Crippen molar-refractivity contribution in [3.63, 3.8) is 0 Å². The fraction of sp³-hybridized carbons (Fsp3) is 0.533. The number of carboxylic acid groups (broad SMARTS) is 1. The van der Waals surface area contributed by atoms with Crippen LogP contribution in [0.2, 0.25) is 0 Å². The van der Waals surface area contributed by atoms with Crippen LogP contribution < -0.4 is 4.74 Å². The summed E-state index contributed by atoms with van der Waals surface area (Å²) in [6.07, 6.45) is 2.51. The SMILES string of the molecule is COc1c(C)ccc(C(CC(=O)O)C2CC2)c1C. The Bertz CT molecular complexity index is 461. The van der Waals surface area contributed by atoms with Crippen molar-refractivity contribution in [2.24, 2.45) is 5.92 Å². The van der Waals surface area contributed by atoms with Gasteiger partial charge in [-0.3, -0.25) is 4.79 Å². The lowest BCUT2D eigenvalue weighted by molar-refractivity contribution is -0.137. The van der Waals surface area contributed by atoms with Crippen LogP contribution in [0.5, 0.6) is 5.75 Å². The summed E-state index contributed by atoms with van der Waals surface area (Å²) in [5.41, 5.74) is 3.33. The number of carbonyl (C=O) groups is 1. The molecular formula is C15H20O3. The first-order chi connectivity index (χ1) is 8.54. The second-order valence-electron chi connectivity index (χ2n) is 5.17. The highest BCUT2D eigenvalue weighted by atomic mass is 16.5. The molecule has 1 atom stereocenters.